The van der Waals surface area contributed by atoms with Gasteiger partial charge in [-0.1, -0.05) is 0 Å². The first-order chi connectivity index (χ1) is 15.9. The van der Waals surface area contributed by atoms with Crippen molar-refractivity contribution >= 4 is 31.6 Å². The van der Waals surface area contributed by atoms with Crippen LogP contribution < -0.4 is 10.0 Å². The Kier molecular flexibility index (Phi) is 6.52. The van der Waals surface area contributed by atoms with Gasteiger partial charge in [0.25, 0.3) is 5.91 Å². The second-order valence-corrected chi connectivity index (χ2v) is 12.3. The molecule has 1 aromatic heterocycles. The second kappa shape index (κ2) is 8.98. The number of hydrogen-bond donors (Lipinski definition) is 2. The zero-order valence-corrected chi connectivity index (χ0v) is 19.7. The number of hydrogen-bond acceptors (Lipinski definition) is 5. The average Bonchev–Trinajstić information content (AvgIpc) is 3.56. The number of piperidine rings is 1. The zero-order chi connectivity index (χ0) is 24.8. The molecular formula is C20H23F3N4O5S2. The highest BCUT2D eigenvalue weighted by Crippen LogP contribution is 2.32. The predicted molar refractivity (Wildman–Crippen MR) is 117 cm³/mol. The fraction of sp³-hybridized carbons (Fsp3) is 0.450. The minimum atomic E-state index is -4.44. The number of amides is 1. The molecule has 1 aliphatic carbocycles. The SMILES string of the molecule is Cn1cc(S(=O)(=O)N[C@@H]2CCCN(S(=O)(=O)C3CC3)C2)c(F)c1C(=O)Nc1ccc(F)c(F)c1. The summed E-state index contributed by atoms with van der Waals surface area (Å²) in [5.41, 5.74) is -0.780. The summed E-state index contributed by atoms with van der Waals surface area (Å²) in [4.78, 5) is 11.7. The van der Waals surface area contributed by atoms with Gasteiger partial charge in [-0.25, -0.2) is 39.0 Å². The molecule has 34 heavy (non-hydrogen) atoms. The van der Waals surface area contributed by atoms with Crippen molar-refractivity contribution in [1.82, 2.24) is 13.6 Å². The normalized spacial score (nSPS) is 19.8. The lowest BCUT2D eigenvalue weighted by Gasteiger charge is -2.32. The minimum Gasteiger partial charge on any atom is -0.343 e. The molecule has 1 atom stereocenters. The third-order valence-corrected chi connectivity index (χ3v) is 9.65. The minimum absolute atomic E-state index is 0.0595. The molecule has 0 spiro atoms. The highest BCUT2D eigenvalue weighted by molar-refractivity contribution is 7.90. The fourth-order valence-corrected chi connectivity index (χ4v) is 7.22. The maximum absolute atomic E-state index is 15.1. The lowest BCUT2D eigenvalue weighted by atomic mass is 10.1. The van der Waals surface area contributed by atoms with E-state index in [1.54, 1.807) is 0 Å². The standard InChI is InChI=1S/C20H23F3N4O5S2/c1-26-11-17(18(23)19(26)20(28)24-12-4-7-15(21)16(22)9-12)33(29,30)25-13-3-2-8-27(10-13)34(31,32)14-5-6-14/h4,7,9,11,13-14,25H,2-3,5-6,8,10H2,1H3,(H,24,28)/t13-/m1/s1. The van der Waals surface area contributed by atoms with Crippen molar-refractivity contribution in [3.63, 3.8) is 0 Å². The largest absolute Gasteiger partial charge is 0.343 e. The smallest absolute Gasteiger partial charge is 0.275 e. The van der Waals surface area contributed by atoms with E-state index in [0.717, 1.165) is 22.9 Å². The Morgan fingerprint density at radius 1 is 1.06 bits per heavy atom. The summed E-state index contributed by atoms with van der Waals surface area (Å²) >= 11 is 0. The first kappa shape index (κ1) is 24.7. The van der Waals surface area contributed by atoms with Gasteiger partial charge in [0.15, 0.2) is 17.5 Å². The van der Waals surface area contributed by atoms with E-state index in [-0.39, 0.29) is 12.2 Å². The summed E-state index contributed by atoms with van der Waals surface area (Å²) in [5, 5.41) is 1.77. The first-order valence-corrected chi connectivity index (χ1v) is 13.5. The van der Waals surface area contributed by atoms with Crippen LogP contribution in [0.4, 0.5) is 18.9 Å². The van der Waals surface area contributed by atoms with Gasteiger partial charge in [0.1, 0.15) is 10.6 Å². The van der Waals surface area contributed by atoms with E-state index >= 15 is 4.39 Å². The maximum atomic E-state index is 15.1. The van der Waals surface area contributed by atoms with Crippen molar-refractivity contribution in [1.29, 1.82) is 0 Å². The molecule has 2 heterocycles. The number of aromatic nitrogens is 1. The summed E-state index contributed by atoms with van der Waals surface area (Å²) in [6.45, 7) is 0.237. The van der Waals surface area contributed by atoms with Crippen molar-refractivity contribution in [3.05, 3.63) is 47.5 Å². The number of benzene rings is 1. The Labute approximate surface area is 195 Å². The van der Waals surface area contributed by atoms with Gasteiger partial charge in [-0.2, -0.15) is 0 Å². The van der Waals surface area contributed by atoms with E-state index < -0.39 is 65.3 Å². The molecule has 1 saturated heterocycles. The van der Waals surface area contributed by atoms with E-state index in [1.165, 1.54) is 11.4 Å². The summed E-state index contributed by atoms with van der Waals surface area (Å²) in [5.74, 6) is -4.74. The molecule has 1 aromatic carbocycles. The van der Waals surface area contributed by atoms with Crippen molar-refractivity contribution in [3.8, 4) is 0 Å². The number of carbonyl (C=O) groups is 1. The molecule has 0 unspecified atom stereocenters. The van der Waals surface area contributed by atoms with Crippen LogP contribution in [0.3, 0.4) is 0 Å². The maximum Gasteiger partial charge on any atom is 0.275 e. The topological polar surface area (TPSA) is 118 Å². The monoisotopic (exact) mass is 520 g/mol. The van der Waals surface area contributed by atoms with Gasteiger partial charge in [0.2, 0.25) is 20.0 Å². The number of sulfonamides is 2. The fourth-order valence-electron chi connectivity index (χ4n) is 3.91. The van der Waals surface area contributed by atoms with E-state index in [0.29, 0.717) is 38.3 Å². The Balaban J connectivity index is 1.51. The number of nitrogens with zero attached hydrogens (tertiary/aromatic N) is 2. The van der Waals surface area contributed by atoms with Crippen molar-refractivity contribution in [2.45, 2.75) is 41.9 Å². The van der Waals surface area contributed by atoms with Crippen LogP contribution in [0, 0.1) is 17.5 Å². The van der Waals surface area contributed by atoms with Crippen LogP contribution in [0.15, 0.2) is 29.3 Å². The molecule has 2 aliphatic rings. The predicted octanol–water partition coefficient (Wildman–Crippen LogP) is 1.93. The van der Waals surface area contributed by atoms with Gasteiger partial charge in [-0.3, -0.25) is 4.79 Å². The second-order valence-electron chi connectivity index (χ2n) is 8.41. The zero-order valence-electron chi connectivity index (χ0n) is 18.1. The number of aryl methyl sites for hydroxylation is 1. The Hall–Kier alpha value is -2.42. The van der Waals surface area contributed by atoms with Crippen LogP contribution in [0.25, 0.3) is 0 Å². The molecule has 1 aliphatic heterocycles. The van der Waals surface area contributed by atoms with Crippen LogP contribution in [0.2, 0.25) is 0 Å². The lowest BCUT2D eigenvalue weighted by Crippen LogP contribution is -2.50. The molecule has 14 heteroatoms. The Morgan fingerprint density at radius 3 is 2.41 bits per heavy atom. The highest BCUT2D eigenvalue weighted by Gasteiger charge is 2.42. The van der Waals surface area contributed by atoms with Gasteiger partial charge in [0, 0.05) is 44.1 Å². The van der Waals surface area contributed by atoms with Crippen molar-refractivity contribution < 1.29 is 34.8 Å². The highest BCUT2D eigenvalue weighted by atomic mass is 32.2. The molecule has 2 N–H and O–H groups in total. The molecule has 9 nitrogen and oxygen atoms in total. The third kappa shape index (κ3) is 4.85. The number of anilines is 1. The van der Waals surface area contributed by atoms with Crippen LogP contribution in [-0.2, 0) is 27.1 Å². The number of carbonyl (C=O) groups excluding carboxylic acids is 1. The van der Waals surface area contributed by atoms with Gasteiger partial charge in [0.05, 0.1) is 5.25 Å². The summed E-state index contributed by atoms with van der Waals surface area (Å²) in [6.07, 6.45) is 2.89. The molecular weight excluding hydrogens is 497 g/mol. The van der Waals surface area contributed by atoms with Gasteiger partial charge in [-0.05, 0) is 37.8 Å². The summed E-state index contributed by atoms with van der Waals surface area (Å²) in [7, 11) is -6.67. The molecule has 0 radical (unpaired) electrons. The van der Waals surface area contributed by atoms with E-state index in [9.17, 15) is 30.4 Å². The van der Waals surface area contributed by atoms with Crippen LogP contribution in [0.5, 0.6) is 0 Å². The van der Waals surface area contributed by atoms with Crippen molar-refractivity contribution in [2.75, 3.05) is 18.4 Å². The van der Waals surface area contributed by atoms with Crippen LogP contribution in [-0.4, -0.2) is 56.0 Å². The average molecular weight is 521 g/mol. The molecule has 0 bridgehead atoms. The Morgan fingerprint density at radius 2 is 1.76 bits per heavy atom. The lowest BCUT2D eigenvalue weighted by molar-refractivity contribution is 0.101. The van der Waals surface area contributed by atoms with Crippen molar-refractivity contribution in [2.24, 2.45) is 7.05 Å². The van der Waals surface area contributed by atoms with Crippen LogP contribution in [0.1, 0.15) is 36.2 Å². The Bertz CT molecular complexity index is 1340. The molecule has 2 fully saturated rings. The quantitative estimate of drug-likeness (QED) is 0.579. The number of nitrogens with one attached hydrogen (secondary N) is 2. The third-order valence-electron chi connectivity index (χ3n) is 5.78. The van der Waals surface area contributed by atoms with Crippen LogP contribution >= 0.6 is 0 Å². The molecule has 4 rings (SSSR count). The first-order valence-electron chi connectivity index (χ1n) is 10.5. The number of halogens is 3. The van der Waals surface area contributed by atoms with E-state index in [1.807, 2.05) is 0 Å². The van der Waals surface area contributed by atoms with Gasteiger partial charge in [-0.15, -0.1) is 0 Å². The van der Waals surface area contributed by atoms with Gasteiger partial charge < -0.3 is 9.88 Å². The molecule has 1 saturated carbocycles. The molecule has 186 valence electrons. The van der Waals surface area contributed by atoms with Gasteiger partial charge >= 0.3 is 0 Å². The molecule has 1 amide bonds. The number of rotatable bonds is 7. The van der Waals surface area contributed by atoms with E-state index in [4.69, 9.17) is 0 Å². The summed E-state index contributed by atoms with van der Waals surface area (Å²) in [6, 6.07) is 1.80. The van der Waals surface area contributed by atoms with E-state index in [2.05, 4.69) is 10.0 Å². The summed E-state index contributed by atoms with van der Waals surface area (Å²) < 4.78 is 96.9. The molecule has 2 aromatic rings.